The third-order valence-corrected chi connectivity index (χ3v) is 3.47. The summed E-state index contributed by atoms with van der Waals surface area (Å²) in [5.41, 5.74) is 0.420. The van der Waals surface area contributed by atoms with Crippen molar-refractivity contribution in [3.8, 4) is 5.75 Å². The van der Waals surface area contributed by atoms with Gasteiger partial charge >= 0.3 is 0 Å². The minimum Gasteiger partial charge on any atom is -0.483 e. The van der Waals surface area contributed by atoms with Crippen LogP contribution in [0.5, 0.6) is 5.75 Å². The Kier molecular flexibility index (Phi) is 6.60. The van der Waals surface area contributed by atoms with E-state index in [1.54, 1.807) is 12.1 Å². The minimum atomic E-state index is -1.69. The van der Waals surface area contributed by atoms with Crippen LogP contribution in [0.1, 0.15) is 12.5 Å². The zero-order valence-corrected chi connectivity index (χ0v) is 13.9. The maximum atomic E-state index is 13.5. The number of hydrogen-bond donors (Lipinski definition) is 2. The molecular weight excluding hydrogens is 349 g/mol. The standard InChI is InChI=1S/C18H17F3N2O3/c1-2-11-5-3-4-6-14(11)26-10-16(25)22-9-15(24)23-13-8-7-12(19)17(20)18(13)21/h3-8H,2,9-10H2,1H3,(H,22,25)(H,23,24). The zero-order valence-electron chi connectivity index (χ0n) is 13.9. The van der Waals surface area contributed by atoms with Gasteiger partial charge in [0.25, 0.3) is 5.91 Å². The Balaban J connectivity index is 1.82. The number of carbonyl (C=O) groups excluding carboxylic acids is 2. The van der Waals surface area contributed by atoms with Gasteiger partial charge < -0.3 is 15.4 Å². The predicted molar refractivity (Wildman–Crippen MR) is 89.3 cm³/mol. The molecule has 2 rings (SSSR count). The van der Waals surface area contributed by atoms with Gasteiger partial charge in [-0.05, 0) is 30.2 Å². The Morgan fingerprint density at radius 3 is 2.46 bits per heavy atom. The van der Waals surface area contributed by atoms with Crippen molar-refractivity contribution in [2.75, 3.05) is 18.5 Å². The summed E-state index contributed by atoms with van der Waals surface area (Å²) in [4.78, 5) is 23.4. The van der Waals surface area contributed by atoms with Crippen molar-refractivity contribution in [1.82, 2.24) is 5.32 Å². The van der Waals surface area contributed by atoms with E-state index in [1.165, 1.54) is 0 Å². The van der Waals surface area contributed by atoms with Crippen LogP contribution in [0.4, 0.5) is 18.9 Å². The first-order valence-electron chi connectivity index (χ1n) is 7.83. The first kappa shape index (κ1) is 19.3. The molecule has 0 unspecified atom stereocenters. The molecule has 0 spiro atoms. The smallest absolute Gasteiger partial charge is 0.258 e. The van der Waals surface area contributed by atoms with Gasteiger partial charge in [0.2, 0.25) is 5.91 Å². The largest absolute Gasteiger partial charge is 0.483 e. The number of nitrogens with one attached hydrogen (secondary N) is 2. The lowest BCUT2D eigenvalue weighted by Crippen LogP contribution is -2.36. The molecule has 2 aromatic rings. The van der Waals surface area contributed by atoms with Crippen molar-refractivity contribution in [2.45, 2.75) is 13.3 Å². The molecule has 26 heavy (non-hydrogen) atoms. The molecule has 0 aliphatic carbocycles. The van der Waals surface area contributed by atoms with Gasteiger partial charge in [-0.1, -0.05) is 25.1 Å². The average Bonchev–Trinajstić information content (AvgIpc) is 2.65. The number of benzene rings is 2. The Hall–Kier alpha value is -3.03. The molecular formula is C18H17F3N2O3. The summed E-state index contributed by atoms with van der Waals surface area (Å²) in [7, 11) is 0. The summed E-state index contributed by atoms with van der Waals surface area (Å²) in [6, 6.07) is 8.80. The van der Waals surface area contributed by atoms with E-state index in [2.05, 4.69) is 5.32 Å². The normalized spacial score (nSPS) is 10.3. The highest BCUT2D eigenvalue weighted by Crippen LogP contribution is 2.19. The SMILES string of the molecule is CCc1ccccc1OCC(=O)NCC(=O)Nc1ccc(F)c(F)c1F. The van der Waals surface area contributed by atoms with Crippen LogP contribution in [0.2, 0.25) is 0 Å². The molecule has 0 saturated carbocycles. The Labute approximate surface area is 148 Å². The van der Waals surface area contributed by atoms with Crippen LogP contribution in [0, 0.1) is 17.5 Å². The lowest BCUT2D eigenvalue weighted by molar-refractivity contribution is -0.125. The summed E-state index contributed by atoms with van der Waals surface area (Å²) >= 11 is 0. The van der Waals surface area contributed by atoms with Crippen LogP contribution in [0.15, 0.2) is 36.4 Å². The van der Waals surface area contributed by atoms with Crippen molar-refractivity contribution in [3.05, 3.63) is 59.4 Å². The second-order valence-corrected chi connectivity index (χ2v) is 5.30. The minimum absolute atomic E-state index is 0.302. The van der Waals surface area contributed by atoms with E-state index in [0.717, 1.165) is 18.1 Å². The maximum Gasteiger partial charge on any atom is 0.258 e. The summed E-state index contributed by atoms with van der Waals surface area (Å²) in [6.07, 6.45) is 0.736. The predicted octanol–water partition coefficient (Wildman–Crippen LogP) is 2.80. The summed E-state index contributed by atoms with van der Waals surface area (Å²) < 4.78 is 44.8. The van der Waals surface area contributed by atoms with Gasteiger partial charge in [0, 0.05) is 0 Å². The van der Waals surface area contributed by atoms with Crippen molar-refractivity contribution in [1.29, 1.82) is 0 Å². The molecule has 2 aromatic carbocycles. The van der Waals surface area contributed by atoms with Crippen molar-refractivity contribution >= 4 is 17.5 Å². The van der Waals surface area contributed by atoms with Crippen LogP contribution in [0.3, 0.4) is 0 Å². The number of ether oxygens (including phenoxy) is 1. The van der Waals surface area contributed by atoms with E-state index in [-0.39, 0.29) is 6.61 Å². The van der Waals surface area contributed by atoms with Gasteiger partial charge in [0.05, 0.1) is 12.2 Å². The molecule has 2 N–H and O–H groups in total. The zero-order chi connectivity index (χ0) is 19.1. The first-order valence-corrected chi connectivity index (χ1v) is 7.83. The molecule has 0 atom stereocenters. The lowest BCUT2D eigenvalue weighted by atomic mass is 10.1. The Morgan fingerprint density at radius 2 is 1.73 bits per heavy atom. The van der Waals surface area contributed by atoms with E-state index in [9.17, 15) is 22.8 Å². The summed E-state index contributed by atoms with van der Waals surface area (Å²) in [5, 5.41) is 4.34. The van der Waals surface area contributed by atoms with Gasteiger partial charge in [0.15, 0.2) is 24.1 Å². The fourth-order valence-corrected chi connectivity index (χ4v) is 2.13. The summed E-state index contributed by atoms with van der Waals surface area (Å²) in [6.45, 7) is 1.17. The average molecular weight is 366 g/mol. The molecule has 0 saturated heterocycles. The topological polar surface area (TPSA) is 67.4 Å². The van der Waals surface area contributed by atoms with Crippen LogP contribution in [-0.2, 0) is 16.0 Å². The van der Waals surface area contributed by atoms with Gasteiger partial charge in [-0.25, -0.2) is 13.2 Å². The van der Waals surface area contributed by atoms with Gasteiger partial charge in [-0.2, -0.15) is 0 Å². The molecule has 0 radical (unpaired) electrons. The van der Waals surface area contributed by atoms with Crippen LogP contribution in [0.25, 0.3) is 0 Å². The summed E-state index contributed by atoms with van der Waals surface area (Å²) in [5.74, 6) is -5.34. The molecule has 2 amide bonds. The molecule has 0 fully saturated rings. The molecule has 0 aromatic heterocycles. The highest BCUT2D eigenvalue weighted by Gasteiger charge is 2.15. The molecule has 0 bridgehead atoms. The monoisotopic (exact) mass is 366 g/mol. The highest BCUT2D eigenvalue weighted by molar-refractivity contribution is 5.94. The van der Waals surface area contributed by atoms with E-state index in [0.29, 0.717) is 11.8 Å². The number of amides is 2. The Morgan fingerprint density at radius 1 is 1.00 bits per heavy atom. The molecule has 5 nitrogen and oxygen atoms in total. The number of hydrogen-bond acceptors (Lipinski definition) is 3. The van der Waals surface area contributed by atoms with Crippen LogP contribution >= 0.6 is 0 Å². The molecule has 0 aliphatic rings. The molecule has 8 heteroatoms. The van der Waals surface area contributed by atoms with Crippen molar-refractivity contribution in [2.24, 2.45) is 0 Å². The molecule has 0 heterocycles. The van der Waals surface area contributed by atoms with Crippen molar-refractivity contribution in [3.63, 3.8) is 0 Å². The third kappa shape index (κ3) is 4.98. The Bertz CT molecular complexity index is 812. The molecule has 138 valence electrons. The highest BCUT2D eigenvalue weighted by atomic mass is 19.2. The van der Waals surface area contributed by atoms with E-state index in [1.807, 2.05) is 24.4 Å². The quantitative estimate of drug-likeness (QED) is 0.741. The lowest BCUT2D eigenvalue weighted by Gasteiger charge is -2.11. The van der Waals surface area contributed by atoms with Crippen LogP contribution < -0.4 is 15.4 Å². The fourth-order valence-electron chi connectivity index (χ4n) is 2.13. The maximum absolute atomic E-state index is 13.5. The van der Waals surface area contributed by atoms with E-state index < -0.39 is 41.5 Å². The number of rotatable bonds is 7. The van der Waals surface area contributed by atoms with Gasteiger partial charge in [-0.3, -0.25) is 9.59 Å². The number of aryl methyl sites for hydroxylation is 1. The second-order valence-electron chi connectivity index (χ2n) is 5.30. The number of para-hydroxylation sites is 1. The van der Waals surface area contributed by atoms with Gasteiger partial charge in [-0.15, -0.1) is 0 Å². The van der Waals surface area contributed by atoms with Gasteiger partial charge in [0.1, 0.15) is 5.75 Å². The van der Waals surface area contributed by atoms with E-state index in [4.69, 9.17) is 4.74 Å². The number of carbonyl (C=O) groups is 2. The number of halogens is 3. The number of anilines is 1. The molecule has 0 aliphatic heterocycles. The second kappa shape index (κ2) is 8.89. The van der Waals surface area contributed by atoms with E-state index >= 15 is 0 Å². The fraction of sp³-hybridized carbons (Fsp3) is 0.222. The third-order valence-electron chi connectivity index (χ3n) is 3.47. The first-order chi connectivity index (χ1) is 12.4. The van der Waals surface area contributed by atoms with Crippen molar-refractivity contribution < 1.29 is 27.5 Å². The van der Waals surface area contributed by atoms with Crippen LogP contribution in [-0.4, -0.2) is 25.0 Å².